The quantitative estimate of drug-likeness (QED) is 0.206. The van der Waals surface area contributed by atoms with Crippen LogP contribution in [0.3, 0.4) is 0 Å². The number of nitrogens with one attached hydrogen (secondary N) is 1. The van der Waals surface area contributed by atoms with Crippen molar-refractivity contribution in [1.82, 2.24) is 24.9 Å². The highest BCUT2D eigenvalue weighted by atomic mass is 31.2. The average Bonchev–Trinajstić information content (AvgIpc) is 3.36. The zero-order valence-electron chi connectivity index (χ0n) is 15.3. The van der Waals surface area contributed by atoms with E-state index in [0.717, 1.165) is 4.68 Å². The standard InChI is InChI=1S/C13H19N6O9P/c1-3-26-29(25,27-4-2)10(13(22)23)14-9-7-8(19(24)16-9)11(21)18(17-15-7)12-6(5-20)28-12/h6,10,12,20,24H,3-5H2,1-2H3,(H,14,16)(H,22,23). The van der Waals surface area contributed by atoms with Gasteiger partial charge in [0.1, 0.15) is 6.10 Å². The summed E-state index contributed by atoms with van der Waals surface area (Å²) < 4.78 is 28.8. The number of carbonyl (C=O) groups is 1. The number of ether oxygens (including phenoxy) is 1. The molecule has 3 atom stereocenters. The van der Waals surface area contributed by atoms with Crippen molar-refractivity contribution in [3.8, 4) is 0 Å². The Bertz CT molecular complexity index is 1010. The third-order valence-corrected chi connectivity index (χ3v) is 6.13. The van der Waals surface area contributed by atoms with Crippen LogP contribution in [-0.2, 0) is 23.1 Å². The molecule has 0 bridgehead atoms. The molecule has 160 valence electrons. The van der Waals surface area contributed by atoms with Crippen LogP contribution < -0.4 is 10.9 Å². The summed E-state index contributed by atoms with van der Waals surface area (Å²) in [5, 5.41) is 41.9. The van der Waals surface area contributed by atoms with E-state index in [2.05, 4.69) is 20.7 Å². The molecule has 2 aromatic rings. The van der Waals surface area contributed by atoms with Crippen molar-refractivity contribution in [3.63, 3.8) is 0 Å². The van der Waals surface area contributed by atoms with Crippen LogP contribution in [0.15, 0.2) is 4.79 Å². The van der Waals surface area contributed by atoms with Gasteiger partial charge in [0.25, 0.3) is 0 Å². The number of aliphatic carboxylic acids is 1. The fourth-order valence-corrected chi connectivity index (χ4v) is 4.26. The highest BCUT2D eigenvalue weighted by Crippen LogP contribution is 2.53. The summed E-state index contributed by atoms with van der Waals surface area (Å²) in [5.74, 6) is -3.84. The molecule has 1 fully saturated rings. The summed E-state index contributed by atoms with van der Waals surface area (Å²) in [6, 6.07) is 0. The van der Waals surface area contributed by atoms with Crippen LogP contribution in [0.1, 0.15) is 20.1 Å². The Balaban J connectivity index is 2.01. The lowest BCUT2D eigenvalue weighted by molar-refractivity contribution is -0.136. The lowest BCUT2D eigenvalue weighted by Gasteiger charge is -2.23. The van der Waals surface area contributed by atoms with Crippen LogP contribution in [0.4, 0.5) is 5.82 Å². The third kappa shape index (κ3) is 3.82. The number of aliphatic hydroxyl groups excluding tert-OH is 1. The second kappa shape index (κ2) is 8.04. The Morgan fingerprint density at radius 3 is 2.55 bits per heavy atom. The van der Waals surface area contributed by atoms with E-state index in [9.17, 15) is 24.5 Å². The fourth-order valence-electron chi connectivity index (χ4n) is 2.62. The number of aromatic nitrogens is 5. The summed E-state index contributed by atoms with van der Waals surface area (Å²) in [5.41, 5.74) is -1.55. The fraction of sp³-hybridized carbons (Fsp3) is 0.615. The van der Waals surface area contributed by atoms with Gasteiger partial charge in [0.05, 0.1) is 19.8 Å². The first kappa shape index (κ1) is 21.1. The van der Waals surface area contributed by atoms with Gasteiger partial charge in [-0.2, -0.15) is 4.68 Å². The molecule has 0 saturated carbocycles. The summed E-state index contributed by atoms with van der Waals surface area (Å²) in [6.07, 6.45) is -1.48. The van der Waals surface area contributed by atoms with Gasteiger partial charge in [-0.05, 0) is 13.8 Å². The van der Waals surface area contributed by atoms with E-state index < -0.39 is 42.8 Å². The number of rotatable bonds is 10. The topological polar surface area (TPSA) is 203 Å². The second-order valence-corrected chi connectivity index (χ2v) is 7.90. The van der Waals surface area contributed by atoms with Gasteiger partial charge in [0, 0.05) is 0 Å². The van der Waals surface area contributed by atoms with Crippen LogP contribution in [0, 0.1) is 0 Å². The maximum atomic E-state index is 12.9. The lowest BCUT2D eigenvalue weighted by atomic mass is 10.4. The van der Waals surface area contributed by atoms with E-state index >= 15 is 0 Å². The SMILES string of the molecule is CCOP(=O)(OCC)C(Nc1nn(O)c2c(=O)n(C3OC3CO)nnc12)C(=O)O. The Kier molecular flexibility index (Phi) is 5.86. The molecule has 0 aromatic carbocycles. The number of carboxylic acids is 1. The molecule has 3 rings (SSSR count). The van der Waals surface area contributed by atoms with Gasteiger partial charge >= 0.3 is 19.1 Å². The predicted molar refractivity (Wildman–Crippen MR) is 93.7 cm³/mol. The van der Waals surface area contributed by atoms with Crippen molar-refractivity contribution < 1.29 is 38.6 Å². The van der Waals surface area contributed by atoms with Gasteiger partial charge in [0.15, 0.2) is 23.1 Å². The van der Waals surface area contributed by atoms with Crippen LogP contribution in [0.25, 0.3) is 11.0 Å². The first-order valence-corrected chi connectivity index (χ1v) is 10.1. The summed E-state index contributed by atoms with van der Waals surface area (Å²) >= 11 is 0. The maximum absolute atomic E-state index is 12.9. The predicted octanol–water partition coefficient (Wildman–Crippen LogP) is -0.796. The molecule has 29 heavy (non-hydrogen) atoms. The molecule has 0 amide bonds. The number of nitrogens with zero attached hydrogens (tertiary/aromatic N) is 5. The van der Waals surface area contributed by atoms with Crippen molar-refractivity contribution in [2.75, 3.05) is 25.1 Å². The number of carboxylic acid groups (broad SMARTS) is 1. The van der Waals surface area contributed by atoms with E-state index in [1.165, 1.54) is 13.8 Å². The van der Waals surface area contributed by atoms with E-state index in [1.54, 1.807) is 0 Å². The molecular weight excluding hydrogens is 415 g/mol. The Hall–Kier alpha value is -2.58. The number of fused-ring (bicyclic) bond motifs is 1. The molecule has 3 heterocycles. The normalized spacial score (nSPS) is 20.0. The van der Waals surface area contributed by atoms with Crippen molar-refractivity contribution in [2.24, 2.45) is 0 Å². The Morgan fingerprint density at radius 2 is 2.03 bits per heavy atom. The van der Waals surface area contributed by atoms with E-state index in [0.29, 0.717) is 0 Å². The largest absolute Gasteiger partial charge is 0.479 e. The molecule has 2 aromatic heterocycles. The molecule has 15 nitrogen and oxygen atoms in total. The van der Waals surface area contributed by atoms with Crippen molar-refractivity contribution in [2.45, 2.75) is 32.0 Å². The van der Waals surface area contributed by atoms with E-state index in [-0.39, 0.29) is 36.0 Å². The maximum Gasteiger partial charge on any atom is 0.364 e. The minimum absolute atomic E-state index is 0.0874. The van der Waals surface area contributed by atoms with Crippen molar-refractivity contribution in [3.05, 3.63) is 10.4 Å². The van der Waals surface area contributed by atoms with Gasteiger partial charge in [0.2, 0.25) is 5.78 Å². The molecule has 4 N–H and O–H groups in total. The molecule has 0 radical (unpaired) electrons. The zero-order valence-corrected chi connectivity index (χ0v) is 16.2. The summed E-state index contributed by atoms with van der Waals surface area (Å²) in [4.78, 5) is 24.4. The molecular formula is C13H19N6O9P. The summed E-state index contributed by atoms with van der Waals surface area (Å²) in [6.45, 7) is 2.50. The molecule has 3 unspecified atom stereocenters. The van der Waals surface area contributed by atoms with Gasteiger partial charge in [-0.15, -0.1) is 10.2 Å². The average molecular weight is 434 g/mol. The zero-order chi connectivity index (χ0) is 21.3. The molecule has 16 heteroatoms. The van der Waals surface area contributed by atoms with Crippen molar-refractivity contribution in [1.29, 1.82) is 0 Å². The molecule has 1 saturated heterocycles. The number of hydrogen-bond donors (Lipinski definition) is 4. The number of hydrogen-bond acceptors (Lipinski definition) is 12. The second-order valence-electron chi connectivity index (χ2n) is 5.78. The smallest absolute Gasteiger partial charge is 0.364 e. The van der Waals surface area contributed by atoms with Crippen molar-refractivity contribution >= 4 is 30.4 Å². The first-order chi connectivity index (χ1) is 13.8. The van der Waals surface area contributed by atoms with E-state index in [1.807, 2.05) is 0 Å². The minimum atomic E-state index is -4.18. The van der Waals surface area contributed by atoms with Gasteiger partial charge in [-0.1, -0.05) is 10.1 Å². The highest BCUT2D eigenvalue weighted by Gasteiger charge is 2.44. The molecule has 0 aliphatic carbocycles. The van der Waals surface area contributed by atoms with Gasteiger partial charge < -0.3 is 34.5 Å². The Morgan fingerprint density at radius 1 is 1.38 bits per heavy atom. The van der Waals surface area contributed by atoms with Gasteiger partial charge in [-0.3, -0.25) is 9.36 Å². The monoisotopic (exact) mass is 434 g/mol. The number of anilines is 1. The highest BCUT2D eigenvalue weighted by molar-refractivity contribution is 7.55. The van der Waals surface area contributed by atoms with Gasteiger partial charge in [-0.25, -0.2) is 4.79 Å². The van der Waals surface area contributed by atoms with Crippen LogP contribution in [-0.4, -0.2) is 78.0 Å². The van der Waals surface area contributed by atoms with Crippen LogP contribution in [0.2, 0.25) is 0 Å². The number of aliphatic hydroxyl groups is 1. The van der Waals surface area contributed by atoms with E-state index in [4.69, 9.17) is 18.9 Å². The summed E-state index contributed by atoms with van der Waals surface area (Å²) in [7, 11) is -4.18. The molecule has 0 spiro atoms. The molecule has 1 aliphatic rings. The van der Waals surface area contributed by atoms with Crippen LogP contribution in [0.5, 0.6) is 0 Å². The van der Waals surface area contributed by atoms with Crippen LogP contribution >= 0.6 is 7.60 Å². The first-order valence-electron chi connectivity index (χ1n) is 8.49. The molecule has 1 aliphatic heterocycles. The third-order valence-electron chi connectivity index (χ3n) is 3.91. The Labute approximate surface area is 162 Å². The number of epoxide rings is 1. The minimum Gasteiger partial charge on any atom is -0.479 e. The lowest BCUT2D eigenvalue weighted by Crippen LogP contribution is -2.31.